The molecule has 0 spiro atoms. The van der Waals surface area contributed by atoms with Crippen molar-refractivity contribution in [1.82, 2.24) is 14.1 Å². The molecule has 8 nitrogen and oxygen atoms in total. The Kier molecular flexibility index (Phi) is 5.44. The van der Waals surface area contributed by atoms with Crippen LogP contribution in [0.15, 0.2) is 0 Å². The van der Waals surface area contributed by atoms with E-state index in [1.54, 1.807) is 25.7 Å². The van der Waals surface area contributed by atoms with Gasteiger partial charge in [-0.3, -0.25) is 9.69 Å². The Bertz CT molecular complexity index is 591. The first-order valence-electron chi connectivity index (χ1n) is 8.22. The number of piperazine rings is 1. The lowest BCUT2D eigenvalue weighted by atomic mass is 10.1. The molecule has 24 heavy (non-hydrogen) atoms. The van der Waals surface area contributed by atoms with Gasteiger partial charge in [0.15, 0.2) is 0 Å². The van der Waals surface area contributed by atoms with E-state index in [2.05, 4.69) is 0 Å². The summed E-state index contributed by atoms with van der Waals surface area (Å²) in [5.41, 5.74) is -0.603. The van der Waals surface area contributed by atoms with Gasteiger partial charge in [-0.2, -0.15) is 4.31 Å². The smallest absolute Gasteiger partial charge is 0.410 e. The summed E-state index contributed by atoms with van der Waals surface area (Å²) in [6, 6.07) is -0.510. The van der Waals surface area contributed by atoms with E-state index in [1.807, 2.05) is 0 Å². The molecule has 2 amide bonds. The van der Waals surface area contributed by atoms with Crippen LogP contribution in [-0.2, 0) is 19.6 Å². The monoisotopic (exact) mass is 361 g/mol. The minimum atomic E-state index is -3.23. The Hall–Kier alpha value is -1.35. The van der Waals surface area contributed by atoms with Gasteiger partial charge in [-0.25, -0.2) is 13.2 Å². The van der Waals surface area contributed by atoms with Gasteiger partial charge < -0.3 is 9.64 Å². The fourth-order valence-electron chi connectivity index (χ4n) is 3.01. The first-order chi connectivity index (χ1) is 11.0. The molecule has 0 aliphatic carbocycles. The Morgan fingerprint density at radius 1 is 1.04 bits per heavy atom. The molecule has 0 bridgehead atoms. The molecule has 0 N–H and O–H groups in total. The fourth-order valence-corrected chi connectivity index (χ4v) is 3.84. The molecule has 0 aromatic rings. The third kappa shape index (κ3) is 4.60. The number of hydrogen-bond donors (Lipinski definition) is 0. The Labute approximate surface area is 143 Å². The van der Waals surface area contributed by atoms with Crippen LogP contribution in [0.3, 0.4) is 0 Å². The van der Waals surface area contributed by atoms with Crippen molar-refractivity contribution in [3.8, 4) is 0 Å². The van der Waals surface area contributed by atoms with Crippen molar-refractivity contribution in [2.45, 2.75) is 45.3 Å². The third-order valence-electron chi connectivity index (χ3n) is 4.19. The van der Waals surface area contributed by atoms with Gasteiger partial charge in [-0.1, -0.05) is 0 Å². The van der Waals surface area contributed by atoms with Gasteiger partial charge in [0, 0.05) is 32.7 Å². The fraction of sp³-hybridized carbons (Fsp3) is 0.867. The number of ether oxygens (including phenoxy) is 1. The summed E-state index contributed by atoms with van der Waals surface area (Å²) in [5, 5.41) is 0. The van der Waals surface area contributed by atoms with Crippen molar-refractivity contribution in [3.05, 3.63) is 0 Å². The average molecular weight is 361 g/mol. The summed E-state index contributed by atoms with van der Waals surface area (Å²) in [7, 11) is -3.23. The number of amides is 2. The molecule has 1 atom stereocenters. The molecule has 9 heteroatoms. The van der Waals surface area contributed by atoms with E-state index in [0.29, 0.717) is 39.1 Å². The van der Waals surface area contributed by atoms with Crippen LogP contribution < -0.4 is 0 Å². The summed E-state index contributed by atoms with van der Waals surface area (Å²) >= 11 is 0. The van der Waals surface area contributed by atoms with Gasteiger partial charge >= 0.3 is 6.09 Å². The molecule has 2 rings (SSSR count). The predicted molar refractivity (Wildman–Crippen MR) is 89.0 cm³/mol. The van der Waals surface area contributed by atoms with Gasteiger partial charge in [0.05, 0.1) is 6.26 Å². The third-order valence-corrected chi connectivity index (χ3v) is 5.49. The number of likely N-dealkylation sites (tertiary alicyclic amines) is 1. The summed E-state index contributed by atoms with van der Waals surface area (Å²) in [5.74, 6) is -0.119. The number of rotatable bonds is 2. The zero-order valence-electron chi connectivity index (χ0n) is 14.8. The van der Waals surface area contributed by atoms with Gasteiger partial charge in [0.2, 0.25) is 15.9 Å². The number of nitrogens with zero attached hydrogens (tertiary/aromatic N) is 3. The zero-order chi connectivity index (χ0) is 18.1. The lowest BCUT2D eigenvalue weighted by Gasteiger charge is -2.36. The molecule has 0 aromatic carbocycles. The highest BCUT2D eigenvalue weighted by molar-refractivity contribution is 7.88. The Morgan fingerprint density at radius 2 is 1.62 bits per heavy atom. The van der Waals surface area contributed by atoms with Gasteiger partial charge in [-0.05, 0) is 33.6 Å². The van der Waals surface area contributed by atoms with Crippen LogP contribution in [-0.4, -0.2) is 85.1 Å². The molecule has 2 heterocycles. The van der Waals surface area contributed by atoms with Gasteiger partial charge in [0.1, 0.15) is 11.6 Å². The molecule has 2 aliphatic heterocycles. The van der Waals surface area contributed by atoms with E-state index in [-0.39, 0.29) is 5.91 Å². The van der Waals surface area contributed by atoms with Crippen LogP contribution in [0.4, 0.5) is 4.79 Å². The zero-order valence-corrected chi connectivity index (χ0v) is 15.6. The van der Waals surface area contributed by atoms with Crippen LogP contribution in [0.2, 0.25) is 0 Å². The van der Waals surface area contributed by atoms with E-state index < -0.39 is 27.8 Å². The van der Waals surface area contributed by atoms with Crippen molar-refractivity contribution >= 4 is 22.0 Å². The normalized spacial score (nSPS) is 23.4. The SMILES string of the molecule is CC(C)(C)OC(=O)N1CCC[C@H]1C(=O)N1CCN(S(C)(=O)=O)CC1. The molecule has 0 radical (unpaired) electrons. The van der Waals surface area contributed by atoms with Crippen molar-refractivity contribution in [1.29, 1.82) is 0 Å². The molecular formula is C15H27N3O5S. The van der Waals surface area contributed by atoms with E-state index in [4.69, 9.17) is 4.74 Å². The minimum absolute atomic E-state index is 0.119. The second-order valence-electron chi connectivity index (χ2n) is 7.32. The minimum Gasteiger partial charge on any atom is -0.444 e. The van der Waals surface area contributed by atoms with Crippen LogP contribution in [0.1, 0.15) is 33.6 Å². The highest BCUT2D eigenvalue weighted by Crippen LogP contribution is 2.23. The second-order valence-corrected chi connectivity index (χ2v) is 9.30. The largest absolute Gasteiger partial charge is 0.444 e. The molecule has 0 saturated carbocycles. The molecule has 2 aliphatic rings. The number of hydrogen-bond acceptors (Lipinski definition) is 5. The molecule has 2 saturated heterocycles. The van der Waals surface area contributed by atoms with Crippen LogP contribution in [0, 0.1) is 0 Å². The maximum atomic E-state index is 12.7. The molecular weight excluding hydrogens is 334 g/mol. The topological polar surface area (TPSA) is 87.2 Å². The summed E-state index contributed by atoms with van der Waals surface area (Å²) in [6.07, 6.45) is 2.09. The highest BCUT2D eigenvalue weighted by Gasteiger charge is 2.39. The summed E-state index contributed by atoms with van der Waals surface area (Å²) < 4.78 is 29.8. The molecule has 2 fully saturated rings. The molecule has 138 valence electrons. The second kappa shape index (κ2) is 6.87. The lowest BCUT2D eigenvalue weighted by Crippen LogP contribution is -2.55. The van der Waals surface area contributed by atoms with Crippen molar-refractivity contribution in [2.75, 3.05) is 39.0 Å². The van der Waals surface area contributed by atoms with E-state index in [9.17, 15) is 18.0 Å². The molecule has 0 aromatic heterocycles. The van der Waals surface area contributed by atoms with Crippen LogP contribution in [0.25, 0.3) is 0 Å². The average Bonchev–Trinajstić information content (AvgIpc) is 2.93. The quantitative estimate of drug-likeness (QED) is 0.714. The number of carbonyl (C=O) groups is 2. The summed E-state index contributed by atoms with van der Waals surface area (Å²) in [6.45, 7) is 7.18. The standard InChI is InChI=1S/C15H27N3O5S/c1-15(2,3)23-14(20)18-7-5-6-12(18)13(19)16-8-10-17(11-9-16)24(4,21)22/h12H,5-11H2,1-4H3/t12-/m0/s1. The Balaban J connectivity index is 1.98. The first-order valence-corrected chi connectivity index (χ1v) is 10.1. The number of carbonyl (C=O) groups excluding carboxylic acids is 2. The van der Waals surface area contributed by atoms with E-state index in [0.717, 1.165) is 6.42 Å². The van der Waals surface area contributed by atoms with E-state index in [1.165, 1.54) is 15.5 Å². The summed E-state index contributed by atoms with van der Waals surface area (Å²) in [4.78, 5) is 28.2. The molecule has 0 unspecified atom stereocenters. The first kappa shape index (κ1) is 19.0. The Morgan fingerprint density at radius 3 is 2.12 bits per heavy atom. The van der Waals surface area contributed by atoms with Crippen molar-refractivity contribution < 1.29 is 22.7 Å². The van der Waals surface area contributed by atoms with Gasteiger partial charge in [0.25, 0.3) is 0 Å². The van der Waals surface area contributed by atoms with Crippen LogP contribution in [0.5, 0.6) is 0 Å². The van der Waals surface area contributed by atoms with Crippen molar-refractivity contribution in [3.63, 3.8) is 0 Å². The van der Waals surface area contributed by atoms with E-state index >= 15 is 0 Å². The van der Waals surface area contributed by atoms with Crippen molar-refractivity contribution in [2.24, 2.45) is 0 Å². The maximum absolute atomic E-state index is 12.7. The number of sulfonamides is 1. The van der Waals surface area contributed by atoms with Gasteiger partial charge in [-0.15, -0.1) is 0 Å². The predicted octanol–water partition coefficient (Wildman–Crippen LogP) is 0.490. The maximum Gasteiger partial charge on any atom is 0.410 e. The lowest BCUT2D eigenvalue weighted by molar-refractivity contribution is -0.137. The van der Waals surface area contributed by atoms with Crippen LogP contribution >= 0.6 is 0 Å². The highest BCUT2D eigenvalue weighted by atomic mass is 32.2.